The fraction of sp³-hybridized carbons (Fsp3) is 0.800. The van der Waals surface area contributed by atoms with E-state index in [1.54, 1.807) is 12.0 Å². The first-order valence-corrected chi connectivity index (χ1v) is 5.04. The molecule has 1 amide bonds. The number of ether oxygens (including phenoxy) is 1. The molecule has 0 rings (SSSR count). The summed E-state index contributed by atoms with van der Waals surface area (Å²) in [6.07, 6.45) is 0.834. The third kappa shape index (κ3) is 6.89. The zero-order chi connectivity index (χ0) is 11.5. The summed E-state index contributed by atoms with van der Waals surface area (Å²) in [6.45, 7) is 2.22. The number of rotatable bonds is 8. The van der Waals surface area contributed by atoms with Crippen LogP contribution in [0.3, 0.4) is 0 Å². The molecule has 0 aromatic carbocycles. The largest absolute Gasteiger partial charge is 0.383 e. The fourth-order valence-corrected chi connectivity index (χ4v) is 1.14. The highest BCUT2D eigenvalue weighted by molar-refractivity contribution is 5.76. The lowest BCUT2D eigenvalue weighted by atomic mass is 10.3. The summed E-state index contributed by atoms with van der Waals surface area (Å²) >= 11 is 0. The van der Waals surface area contributed by atoms with Crippen LogP contribution in [0.2, 0.25) is 0 Å². The maximum absolute atomic E-state index is 11.6. The van der Waals surface area contributed by atoms with Crippen LogP contribution < -0.4 is 5.32 Å². The molecular weight excluding hydrogens is 194 g/mol. The predicted molar refractivity (Wildman–Crippen MR) is 57.2 cm³/mol. The lowest BCUT2D eigenvalue weighted by Crippen LogP contribution is -2.36. The molecular formula is C10H19N3O2. The van der Waals surface area contributed by atoms with Crippen molar-refractivity contribution in [2.75, 3.05) is 40.4 Å². The molecule has 0 saturated heterocycles. The van der Waals surface area contributed by atoms with Gasteiger partial charge in [0.05, 0.1) is 19.1 Å². The van der Waals surface area contributed by atoms with E-state index in [0.29, 0.717) is 39.1 Å². The van der Waals surface area contributed by atoms with Crippen molar-refractivity contribution in [2.45, 2.75) is 12.8 Å². The number of nitriles is 1. The average Bonchev–Trinajstić information content (AvgIpc) is 2.26. The van der Waals surface area contributed by atoms with E-state index in [1.807, 2.05) is 13.1 Å². The van der Waals surface area contributed by atoms with E-state index in [-0.39, 0.29) is 5.91 Å². The molecule has 0 aromatic rings. The minimum absolute atomic E-state index is 0.0663. The Labute approximate surface area is 91.0 Å². The maximum atomic E-state index is 11.6. The summed E-state index contributed by atoms with van der Waals surface area (Å²) < 4.78 is 4.91. The van der Waals surface area contributed by atoms with Gasteiger partial charge in [0.25, 0.3) is 0 Å². The van der Waals surface area contributed by atoms with Crippen LogP contribution in [0.4, 0.5) is 0 Å². The normalized spacial score (nSPS) is 9.67. The summed E-state index contributed by atoms with van der Waals surface area (Å²) in [4.78, 5) is 13.3. The molecule has 0 saturated carbocycles. The molecule has 5 nitrogen and oxygen atoms in total. The van der Waals surface area contributed by atoms with Gasteiger partial charge >= 0.3 is 0 Å². The van der Waals surface area contributed by atoms with Gasteiger partial charge in [-0.05, 0) is 7.05 Å². The fourth-order valence-electron chi connectivity index (χ4n) is 1.14. The number of carbonyl (C=O) groups is 1. The first-order valence-electron chi connectivity index (χ1n) is 5.04. The first kappa shape index (κ1) is 13.9. The SMILES string of the molecule is CNCCC(=O)N(CCC#N)CCOC. The standard InChI is InChI=1S/C10H19N3O2/c1-12-6-4-10(14)13(7-3-5-11)8-9-15-2/h12H,3-4,6-9H2,1-2H3. The number of amides is 1. The molecule has 0 radical (unpaired) electrons. The van der Waals surface area contributed by atoms with E-state index in [4.69, 9.17) is 10.00 Å². The molecule has 0 spiro atoms. The number of hydrogen-bond donors (Lipinski definition) is 1. The number of methoxy groups -OCH3 is 1. The summed E-state index contributed by atoms with van der Waals surface area (Å²) in [5.74, 6) is 0.0663. The van der Waals surface area contributed by atoms with Crippen LogP contribution in [0.1, 0.15) is 12.8 Å². The van der Waals surface area contributed by atoms with Crippen LogP contribution >= 0.6 is 0 Å². The van der Waals surface area contributed by atoms with Crippen LogP contribution in [0.5, 0.6) is 0 Å². The van der Waals surface area contributed by atoms with Crippen LogP contribution in [0.15, 0.2) is 0 Å². The van der Waals surface area contributed by atoms with Crippen molar-refractivity contribution < 1.29 is 9.53 Å². The van der Waals surface area contributed by atoms with E-state index >= 15 is 0 Å². The van der Waals surface area contributed by atoms with E-state index in [0.717, 1.165) is 0 Å². The topological polar surface area (TPSA) is 65.4 Å². The van der Waals surface area contributed by atoms with Gasteiger partial charge in [-0.15, -0.1) is 0 Å². The second-order valence-corrected chi connectivity index (χ2v) is 3.14. The lowest BCUT2D eigenvalue weighted by molar-refractivity contribution is -0.131. The van der Waals surface area contributed by atoms with Crippen LogP contribution in [0.25, 0.3) is 0 Å². The average molecular weight is 213 g/mol. The van der Waals surface area contributed by atoms with E-state index in [1.165, 1.54) is 0 Å². The van der Waals surface area contributed by atoms with Gasteiger partial charge in [-0.2, -0.15) is 5.26 Å². The molecule has 0 bridgehead atoms. The van der Waals surface area contributed by atoms with Crippen molar-refractivity contribution >= 4 is 5.91 Å². The molecule has 0 aromatic heterocycles. The van der Waals surface area contributed by atoms with Gasteiger partial charge in [0, 0.05) is 33.2 Å². The highest BCUT2D eigenvalue weighted by Crippen LogP contribution is 1.96. The molecule has 0 aliphatic heterocycles. The second kappa shape index (κ2) is 9.44. The quantitative estimate of drug-likeness (QED) is 0.615. The molecule has 0 fully saturated rings. The van der Waals surface area contributed by atoms with Crippen molar-refractivity contribution in [3.63, 3.8) is 0 Å². The Bertz CT molecular complexity index is 213. The van der Waals surface area contributed by atoms with Gasteiger partial charge in [-0.25, -0.2) is 0 Å². The summed E-state index contributed by atoms with van der Waals surface area (Å²) in [7, 11) is 3.41. The number of carbonyl (C=O) groups excluding carboxylic acids is 1. The third-order valence-electron chi connectivity index (χ3n) is 2.00. The molecule has 0 aliphatic rings. The van der Waals surface area contributed by atoms with E-state index in [2.05, 4.69) is 5.32 Å². The number of nitrogens with zero attached hydrogens (tertiary/aromatic N) is 2. The molecule has 0 atom stereocenters. The van der Waals surface area contributed by atoms with Crippen LogP contribution in [0, 0.1) is 11.3 Å². The van der Waals surface area contributed by atoms with Gasteiger partial charge < -0.3 is 15.0 Å². The Kier molecular flexibility index (Phi) is 8.73. The van der Waals surface area contributed by atoms with Crippen molar-refractivity contribution in [2.24, 2.45) is 0 Å². The Morgan fingerprint density at radius 1 is 1.53 bits per heavy atom. The monoisotopic (exact) mass is 213 g/mol. The minimum atomic E-state index is 0.0663. The zero-order valence-electron chi connectivity index (χ0n) is 9.45. The Balaban J connectivity index is 3.97. The summed E-state index contributed by atoms with van der Waals surface area (Å²) in [5, 5.41) is 11.4. The summed E-state index contributed by atoms with van der Waals surface area (Å²) in [5.41, 5.74) is 0. The van der Waals surface area contributed by atoms with Crippen molar-refractivity contribution in [3.8, 4) is 6.07 Å². The highest BCUT2D eigenvalue weighted by atomic mass is 16.5. The Hall–Kier alpha value is -1.12. The van der Waals surface area contributed by atoms with Gasteiger partial charge in [0.2, 0.25) is 5.91 Å². The Morgan fingerprint density at radius 2 is 2.27 bits per heavy atom. The number of hydrogen-bond acceptors (Lipinski definition) is 4. The van der Waals surface area contributed by atoms with Crippen molar-refractivity contribution in [1.29, 1.82) is 5.26 Å². The Morgan fingerprint density at radius 3 is 2.80 bits per heavy atom. The maximum Gasteiger partial charge on any atom is 0.223 e. The van der Waals surface area contributed by atoms with Gasteiger partial charge in [-0.3, -0.25) is 4.79 Å². The summed E-state index contributed by atoms with van der Waals surface area (Å²) in [6, 6.07) is 2.04. The van der Waals surface area contributed by atoms with Crippen LogP contribution in [-0.4, -0.2) is 51.2 Å². The molecule has 1 N–H and O–H groups in total. The van der Waals surface area contributed by atoms with Gasteiger partial charge in [0.1, 0.15) is 0 Å². The van der Waals surface area contributed by atoms with Gasteiger partial charge in [0.15, 0.2) is 0 Å². The number of nitrogens with one attached hydrogen (secondary N) is 1. The molecule has 0 aliphatic carbocycles. The van der Waals surface area contributed by atoms with E-state index < -0.39 is 0 Å². The molecule has 0 heterocycles. The van der Waals surface area contributed by atoms with Crippen molar-refractivity contribution in [3.05, 3.63) is 0 Å². The highest BCUT2D eigenvalue weighted by Gasteiger charge is 2.11. The molecule has 5 heteroatoms. The first-order chi connectivity index (χ1) is 7.26. The minimum Gasteiger partial charge on any atom is -0.383 e. The van der Waals surface area contributed by atoms with E-state index in [9.17, 15) is 4.79 Å². The molecule has 0 unspecified atom stereocenters. The smallest absolute Gasteiger partial charge is 0.223 e. The lowest BCUT2D eigenvalue weighted by Gasteiger charge is -2.21. The third-order valence-corrected chi connectivity index (χ3v) is 2.00. The molecule has 86 valence electrons. The predicted octanol–water partition coefficient (Wildman–Crippen LogP) is -0.0154. The van der Waals surface area contributed by atoms with Gasteiger partial charge in [-0.1, -0.05) is 0 Å². The second-order valence-electron chi connectivity index (χ2n) is 3.14. The van der Waals surface area contributed by atoms with Crippen LogP contribution in [-0.2, 0) is 9.53 Å². The zero-order valence-corrected chi connectivity index (χ0v) is 9.45. The van der Waals surface area contributed by atoms with Crippen molar-refractivity contribution in [1.82, 2.24) is 10.2 Å². The molecule has 15 heavy (non-hydrogen) atoms.